The van der Waals surface area contributed by atoms with Crippen molar-refractivity contribution in [2.75, 3.05) is 13.2 Å². The lowest BCUT2D eigenvalue weighted by Crippen LogP contribution is -2.58. The van der Waals surface area contributed by atoms with Crippen LogP contribution >= 0.6 is 0 Å². The van der Waals surface area contributed by atoms with Gasteiger partial charge in [-0.05, 0) is 12.1 Å². The zero-order valence-electron chi connectivity index (χ0n) is 12.2. The van der Waals surface area contributed by atoms with Crippen molar-refractivity contribution in [1.82, 2.24) is 5.32 Å². The molecule has 0 aliphatic carbocycles. The van der Waals surface area contributed by atoms with Gasteiger partial charge in [-0.25, -0.2) is 0 Å². The highest BCUT2D eigenvalue weighted by atomic mass is 16.6. The third-order valence-corrected chi connectivity index (χ3v) is 3.42. The summed E-state index contributed by atoms with van der Waals surface area (Å²) in [5, 5.41) is 21.8. The molecular weight excluding hydrogens is 290 g/mol. The zero-order chi connectivity index (χ0) is 16.2. The Morgan fingerprint density at radius 3 is 2.68 bits per heavy atom. The molecule has 0 saturated carbocycles. The van der Waals surface area contributed by atoms with Gasteiger partial charge in [-0.2, -0.15) is 0 Å². The lowest BCUT2D eigenvalue weighted by molar-refractivity contribution is -0.267. The summed E-state index contributed by atoms with van der Waals surface area (Å²) in [6, 6.07) is 7.97. The number of benzene rings is 1. The Hall–Kier alpha value is -1.96. The number of amides is 1. The van der Waals surface area contributed by atoms with E-state index in [-0.39, 0.29) is 18.9 Å². The number of carbonyl (C=O) groups is 2. The standard InChI is InChI=1S/C15H19NO6/c1-10(18)22-13-7-15(20,9-17)21-8-12(13)16-14(19)11-5-3-2-4-6-11/h2-6,12-13,17,20H,7-9H2,1H3,(H,16,19). The van der Waals surface area contributed by atoms with E-state index in [0.29, 0.717) is 5.56 Å². The third kappa shape index (κ3) is 4.03. The van der Waals surface area contributed by atoms with E-state index in [1.165, 1.54) is 6.92 Å². The van der Waals surface area contributed by atoms with Gasteiger partial charge in [0.1, 0.15) is 6.10 Å². The molecule has 3 unspecified atom stereocenters. The summed E-state index contributed by atoms with van der Waals surface area (Å²) in [4.78, 5) is 23.3. The van der Waals surface area contributed by atoms with Gasteiger partial charge < -0.3 is 25.0 Å². The maximum Gasteiger partial charge on any atom is 0.302 e. The van der Waals surface area contributed by atoms with Gasteiger partial charge in [0.15, 0.2) is 5.79 Å². The molecule has 7 heteroatoms. The van der Waals surface area contributed by atoms with Gasteiger partial charge >= 0.3 is 5.97 Å². The van der Waals surface area contributed by atoms with Crippen LogP contribution in [0.25, 0.3) is 0 Å². The molecule has 1 saturated heterocycles. The quantitative estimate of drug-likeness (QED) is 0.666. The van der Waals surface area contributed by atoms with Gasteiger partial charge in [-0.3, -0.25) is 9.59 Å². The average molecular weight is 309 g/mol. The van der Waals surface area contributed by atoms with Crippen molar-refractivity contribution in [2.24, 2.45) is 0 Å². The minimum Gasteiger partial charge on any atom is -0.460 e. The lowest BCUT2D eigenvalue weighted by Gasteiger charge is -2.39. The molecule has 7 nitrogen and oxygen atoms in total. The van der Waals surface area contributed by atoms with E-state index in [2.05, 4.69) is 5.32 Å². The van der Waals surface area contributed by atoms with E-state index in [4.69, 9.17) is 14.6 Å². The molecule has 120 valence electrons. The smallest absolute Gasteiger partial charge is 0.302 e. The van der Waals surface area contributed by atoms with Crippen LogP contribution in [0, 0.1) is 0 Å². The van der Waals surface area contributed by atoms with Gasteiger partial charge in [0.2, 0.25) is 0 Å². The monoisotopic (exact) mass is 309 g/mol. The highest BCUT2D eigenvalue weighted by Crippen LogP contribution is 2.25. The fourth-order valence-electron chi connectivity index (χ4n) is 2.29. The van der Waals surface area contributed by atoms with Gasteiger partial charge in [0, 0.05) is 18.9 Å². The van der Waals surface area contributed by atoms with E-state index < -0.39 is 30.5 Å². The predicted octanol–water partition coefficient (Wildman–Crippen LogP) is -0.182. The molecule has 0 radical (unpaired) electrons. The van der Waals surface area contributed by atoms with Crippen molar-refractivity contribution in [2.45, 2.75) is 31.3 Å². The van der Waals surface area contributed by atoms with Gasteiger partial charge in [0.25, 0.3) is 5.91 Å². The van der Waals surface area contributed by atoms with Crippen LogP contribution in [-0.4, -0.2) is 53.2 Å². The van der Waals surface area contributed by atoms with E-state index in [9.17, 15) is 14.7 Å². The highest BCUT2D eigenvalue weighted by Gasteiger charge is 2.42. The molecule has 1 aliphatic heterocycles. The molecule has 1 aliphatic rings. The van der Waals surface area contributed by atoms with Crippen molar-refractivity contribution in [3.05, 3.63) is 35.9 Å². The molecule has 0 aromatic heterocycles. The number of hydrogen-bond acceptors (Lipinski definition) is 6. The van der Waals surface area contributed by atoms with Crippen molar-refractivity contribution in [1.29, 1.82) is 0 Å². The molecule has 1 aromatic rings. The number of rotatable bonds is 4. The lowest BCUT2D eigenvalue weighted by atomic mass is 9.98. The summed E-state index contributed by atoms with van der Waals surface area (Å²) in [7, 11) is 0. The SMILES string of the molecule is CC(=O)OC1CC(O)(CO)OCC1NC(=O)c1ccccc1. The van der Waals surface area contributed by atoms with Crippen LogP contribution in [0.4, 0.5) is 0 Å². The number of carbonyl (C=O) groups excluding carboxylic acids is 2. The molecule has 1 heterocycles. The molecule has 2 rings (SSSR count). The van der Waals surface area contributed by atoms with Crippen molar-refractivity contribution >= 4 is 11.9 Å². The highest BCUT2D eigenvalue weighted by molar-refractivity contribution is 5.94. The van der Waals surface area contributed by atoms with Crippen LogP contribution in [0.5, 0.6) is 0 Å². The van der Waals surface area contributed by atoms with E-state index >= 15 is 0 Å². The van der Waals surface area contributed by atoms with Gasteiger partial charge in [0.05, 0.1) is 19.3 Å². The molecule has 1 amide bonds. The predicted molar refractivity (Wildman–Crippen MR) is 75.9 cm³/mol. The summed E-state index contributed by atoms with van der Waals surface area (Å²) in [6.45, 7) is 0.543. The first kappa shape index (κ1) is 16.4. The normalized spacial score (nSPS) is 28.0. The van der Waals surface area contributed by atoms with Crippen LogP contribution in [0.15, 0.2) is 30.3 Å². The van der Waals surface area contributed by atoms with Crippen LogP contribution in [0.2, 0.25) is 0 Å². The summed E-state index contributed by atoms with van der Waals surface area (Å²) in [5.74, 6) is -2.64. The molecule has 1 aromatic carbocycles. The molecule has 3 atom stereocenters. The van der Waals surface area contributed by atoms with Crippen LogP contribution in [0.1, 0.15) is 23.7 Å². The Kier molecular flexibility index (Phi) is 5.12. The fourth-order valence-corrected chi connectivity index (χ4v) is 2.29. The van der Waals surface area contributed by atoms with Crippen molar-refractivity contribution < 1.29 is 29.3 Å². The molecule has 3 N–H and O–H groups in total. The molecule has 1 fully saturated rings. The van der Waals surface area contributed by atoms with Crippen molar-refractivity contribution in [3.8, 4) is 0 Å². The Balaban J connectivity index is 2.07. The number of esters is 1. The first-order valence-electron chi connectivity index (χ1n) is 6.94. The van der Waals surface area contributed by atoms with E-state index in [0.717, 1.165) is 0 Å². The number of nitrogens with one attached hydrogen (secondary N) is 1. The second-order valence-electron chi connectivity index (χ2n) is 5.21. The second kappa shape index (κ2) is 6.87. The zero-order valence-corrected chi connectivity index (χ0v) is 12.2. The first-order valence-corrected chi connectivity index (χ1v) is 6.94. The summed E-state index contributed by atoms with van der Waals surface area (Å²) >= 11 is 0. The van der Waals surface area contributed by atoms with E-state index in [1.54, 1.807) is 30.3 Å². The molecule has 0 spiro atoms. The molecule has 0 bridgehead atoms. The Morgan fingerprint density at radius 1 is 1.41 bits per heavy atom. The summed E-state index contributed by atoms with van der Waals surface area (Å²) in [5.41, 5.74) is 0.465. The topological polar surface area (TPSA) is 105 Å². The average Bonchev–Trinajstić information content (AvgIpc) is 2.50. The summed E-state index contributed by atoms with van der Waals surface area (Å²) < 4.78 is 10.3. The Labute approximate surface area is 127 Å². The Morgan fingerprint density at radius 2 is 2.09 bits per heavy atom. The largest absolute Gasteiger partial charge is 0.460 e. The maximum atomic E-state index is 12.2. The van der Waals surface area contributed by atoms with Gasteiger partial charge in [-0.15, -0.1) is 0 Å². The van der Waals surface area contributed by atoms with Crippen LogP contribution in [-0.2, 0) is 14.3 Å². The maximum absolute atomic E-state index is 12.2. The second-order valence-corrected chi connectivity index (χ2v) is 5.21. The number of ether oxygens (including phenoxy) is 2. The molecular formula is C15H19NO6. The molecule has 22 heavy (non-hydrogen) atoms. The summed E-state index contributed by atoms with van der Waals surface area (Å²) in [6.07, 6.45) is -0.904. The van der Waals surface area contributed by atoms with Crippen LogP contribution in [0.3, 0.4) is 0 Å². The van der Waals surface area contributed by atoms with Gasteiger partial charge in [-0.1, -0.05) is 18.2 Å². The minimum absolute atomic E-state index is 0.0758. The minimum atomic E-state index is -1.77. The Bertz CT molecular complexity index is 534. The van der Waals surface area contributed by atoms with Crippen molar-refractivity contribution in [3.63, 3.8) is 0 Å². The number of aliphatic hydroxyl groups is 2. The first-order chi connectivity index (χ1) is 10.4. The third-order valence-electron chi connectivity index (χ3n) is 3.42. The number of hydrogen-bond donors (Lipinski definition) is 3. The number of aliphatic hydroxyl groups excluding tert-OH is 1. The fraction of sp³-hybridized carbons (Fsp3) is 0.467. The van der Waals surface area contributed by atoms with E-state index in [1.807, 2.05) is 0 Å². The van der Waals surface area contributed by atoms with Crippen LogP contribution < -0.4 is 5.32 Å².